The first-order chi connectivity index (χ1) is 5.34. The molecule has 0 N–H and O–H groups in total. The van der Waals surface area contributed by atoms with Crippen LogP contribution in [0.3, 0.4) is 0 Å². The van der Waals surface area contributed by atoms with Crippen LogP contribution in [0.2, 0.25) is 5.02 Å². The van der Waals surface area contributed by atoms with Crippen LogP contribution < -0.4 is 0 Å². The predicted molar refractivity (Wildman–Crippen MR) is 53.9 cm³/mol. The summed E-state index contributed by atoms with van der Waals surface area (Å²) < 4.78 is 2.11. The van der Waals surface area contributed by atoms with E-state index in [2.05, 4.69) is 31.5 Å². The first-order valence-corrected chi connectivity index (χ1v) is 4.53. The predicted octanol–water partition coefficient (Wildman–Crippen LogP) is 3.28. The summed E-state index contributed by atoms with van der Waals surface area (Å²) in [5.74, 6) is 0. The molecule has 0 amide bonds. The Morgan fingerprint density at radius 3 is 2.00 bits per heavy atom. The van der Waals surface area contributed by atoms with E-state index in [1.165, 1.54) is 5.69 Å². The molecule has 2 heteroatoms. The maximum atomic E-state index is 6.18. The quantitative estimate of drug-likeness (QED) is 0.585. The number of aryl methyl sites for hydroxylation is 2. The van der Waals surface area contributed by atoms with Gasteiger partial charge in [0.05, 0.1) is 5.02 Å². The fourth-order valence-corrected chi connectivity index (χ4v) is 2.08. The maximum absolute atomic E-state index is 6.18. The summed E-state index contributed by atoms with van der Waals surface area (Å²) in [5, 5.41) is 0.907. The number of nitrogens with zero attached hydrogens (tertiary/aromatic N) is 1. The van der Waals surface area contributed by atoms with Gasteiger partial charge >= 0.3 is 0 Å². The van der Waals surface area contributed by atoms with E-state index in [1.807, 2.05) is 14.0 Å². The van der Waals surface area contributed by atoms with Crippen LogP contribution >= 0.6 is 11.6 Å². The first-order valence-electron chi connectivity index (χ1n) is 4.16. The molecule has 0 fully saturated rings. The number of rotatable bonds is 0. The van der Waals surface area contributed by atoms with E-state index in [0.29, 0.717) is 0 Å². The number of hydrogen-bond donors (Lipinski definition) is 0. The highest BCUT2D eigenvalue weighted by Gasteiger charge is 2.21. The van der Waals surface area contributed by atoms with E-state index in [1.54, 1.807) is 0 Å². The molecule has 0 spiro atoms. The second-order valence-corrected chi connectivity index (χ2v) is 4.71. The molecule has 1 nitrogen and oxygen atoms in total. The van der Waals surface area contributed by atoms with Gasteiger partial charge in [-0.05, 0) is 12.5 Å². The minimum absolute atomic E-state index is 0.125. The van der Waals surface area contributed by atoms with Crippen LogP contribution in [0.15, 0.2) is 6.20 Å². The SMILES string of the molecule is Cc1cn(C)c(C(C)(C)C)c1Cl. The highest BCUT2D eigenvalue weighted by atomic mass is 35.5. The second kappa shape index (κ2) is 2.81. The summed E-state index contributed by atoms with van der Waals surface area (Å²) in [6, 6.07) is 0. The van der Waals surface area contributed by atoms with Gasteiger partial charge in [0.2, 0.25) is 0 Å². The highest BCUT2D eigenvalue weighted by Crippen LogP contribution is 2.32. The largest absolute Gasteiger partial charge is 0.352 e. The Bertz CT molecular complexity index is 292. The lowest BCUT2D eigenvalue weighted by molar-refractivity contribution is 0.543. The molecule has 1 heterocycles. The molecule has 0 unspecified atom stereocenters. The molecule has 0 saturated heterocycles. The molecule has 0 bridgehead atoms. The molecule has 12 heavy (non-hydrogen) atoms. The van der Waals surface area contributed by atoms with Crippen LogP contribution in [0.25, 0.3) is 0 Å². The minimum Gasteiger partial charge on any atom is -0.352 e. The molecule has 0 radical (unpaired) electrons. The lowest BCUT2D eigenvalue weighted by Gasteiger charge is -2.20. The van der Waals surface area contributed by atoms with Gasteiger partial charge in [-0.15, -0.1) is 0 Å². The van der Waals surface area contributed by atoms with Gasteiger partial charge in [0.25, 0.3) is 0 Å². The smallest absolute Gasteiger partial charge is 0.0649 e. The molecule has 0 atom stereocenters. The molecule has 0 aromatic carbocycles. The monoisotopic (exact) mass is 185 g/mol. The Morgan fingerprint density at radius 1 is 1.33 bits per heavy atom. The first kappa shape index (κ1) is 9.66. The standard InChI is InChI=1S/C10H16ClN/c1-7-6-12(5)9(8(7)11)10(2,3)4/h6H,1-5H3. The van der Waals surface area contributed by atoms with Gasteiger partial charge < -0.3 is 4.57 Å². The molecule has 1 aromatic rings. The normalized spacial score (nSPS) is 12.2. The van der Waals surface area contributed by atoms with E-state index < -0.39 is 0 Å². The van der Waals surface area contributed by atoms with Crippen molar-refractivity contribution in [1.82, 2.24) is 4.57 Å². The Balaban J connectivity index is 3.32. The number of hydrogen-bond acceptors (Lipinski definition) is 0. The van der Waals surface area contributed by atoms with Gasteiger partial charge in [0, 0.05) is 24.4 Å². The molecule has 0 aliphatic carbocycles. The molecule has 1 rings (SSSR count). The lowest BCUT2D eigenvalue weighted by Crippen LogP contribution is -2.16. The fraction of sp³-hybridized carbons (Fsp3) is 0.600. The van der Waals surface area contributed by atoms with Gasteiger partial charge in [0.15, 0.2) is 0 Å². The molecular weight excluding hydrogens is 170 g/mol. The van der Waals surface area contributed by atoms with Gasteiger partial charge in [-0.1, -0.05) is 32.4 Å². The minimum atomic E-state index is 0.125. The van der Waals surface area contributed by atoms with Crippen molar-refractivity contribution in [2.24, 2.45) is 7.05 Å². The fourth-order valence-electron chi connectivity index (χ4n) is 1.61. The average molecular weight is 186 g/mol. The summed E-state index contributed by atoms with van der Waals surface area (Å²) >= 11 is 6.18. The van der Waals surface area contributed by atoms with Crippen LogP contribution in [0.1, 0.15) is 32.0 Å². The molecular formula is C10H16ClN. The van der Waals surface area contributed by atoms with Gasteiger partial charge in [-0.25, -0.2) is 0 Å². The Kier molecular flexibility index (Phi) is 2.26. The third-order valence-corrected chi connectivity index (χ3v) is 2.48. The number of halogens is 1. The summed E-state index contributed by atoms with van der Waals surface area (Å²) in [6.45, 7) is 8.56. The second-order valence-electron chi connectivity index (χ2n) is 4.34. The van der Waals surface area contributed by atoms with Crippen molar-refractivity contribution in [2.45, 2.75) is 33.1 Å². The maximum Gasteiger partial charge on any atom is 0.0649 e. The highest BCUT2D eigenvalue weighted by molar-refractivity contribution is 6.32. The van der Waals surface area contributed by atoms with Crippen LogP contribution in [0.5, 0.6) is 0 Å². The zero-order valence-electron chi connectivity index (χ0n) is 8.40. The van der Waals surface area contributed by atoms with Crippen molar-refractivity contribution in [2.75, 3.05) is 0 Å². The van der Waals surface area contributed by atoms with E-state index in [9.17, 15) is 0 Å². The number of aromatic nitrogens is 1. The third kappa shape index (κ3) is 1.51. The summed E-state index contributed by atoms with van der Waals surface area (Å²) in [7, 11) is 2.04. The molecule has 0 aliphatic rings. The Morgan fingerprint density at radius 2 is 1.83 bits per heavy atom. The van der Waals surface area contributed by atoms with Crippen LogP contribution in [0, 0.1) is 6.92 Å². The average Bonchev–Trinajstić information content (AvgIpc) is 2.05. The van der Waals surface area contributed by atoms with E-state index >= 15 is 0 Å². The summed E-state index contributed by atoms with van der Waals surface area (Å²) in [5.41, 5.74) is 2.49. The topological polar surface area (TPSA) is 4.93 Å². The lowest BCUT2D eigenvalue weighted by atomic mass is 9.92. The van der Waals surface area contributed by atoms with Crippen molar-refractivity contribution in [3.8, 4) is 0 Å². The molecule has 0 saturated carbocycles. The summed E-state index contributed by atoms with van der Waals surface area (Å²) in [4.78, 5) is 0. The van der Waals surface area contributed by atoms with Gasteiger partial charge in [0.1, 0.15) is 0 Å². The van der Waals surface area contributed by atoms with Crippen molar-refractivity contribution in [1.29, 1.82) is 0 Å². The Labute approximate surface area is 79.3 Å². The van der Waals surface area contributed by atoms with E-state index in [0.717, 1.165) is 10.6 Å². The van der Waals surface area contributed by atoms with Crippen molar-refractivity contribution in [3.05, 3.63) is 22.5 Å². The zero-order chi connectivity index (χ0) is 9.52. The third-order valence-electron chi connectivity index (χ3n) is 2.00. The van der Waals surface area contributed by atoms with Crippen LogP contribution in [-0.4, -0.2) is 4.57 Å². The summed E-state index contributed by atoms with van der Waals surface area (Å²) in [6.07, 6.45) is 2.07. The van der Waals surface area contributed by atoms with Crippen LogP contribution in [0.4, 0.5) is 0 Å². The zero-order valence-corrected chi connectivity index (χ0v) is 9.16. The van der Waals surface area contributed by atoms with Gasteiger partial charge in [-0.2, -0.15) is 0 Å². The van der Waals surface area contributed by atoms with Crippen LogP contribution in [-0.2, 0) is 12.5 Å². The van der Waals surface area contributed by atoms with Crippen molar-refractivity contribution in [3.63, 3.8) is 0 Å². The molecule has 1 aromatic heterocycles. The van der Waals surface area contributed by atoms with E-state index in [4.69, 9.17) is 11.6 Å². The molecule has 0 aliphatic heterocycles. The van der Waals surface area contributed by atoms with E-state index in [-0.39, 0.29) is 5.41 Å². The van der Waals surface area contributed by atoms with Gasteiger partial charge in [-0.3, -0.25) is 0 Å². The van der Waals surface area contributed by atoms with Crippen molar-refractivity contribution >= 4 is 11.6 Å². The Hall–Kier alpha value is -0.430. The van der Waals surface area contributed by atoms with Crippen molar-refractivity contribution < 1.29 is 0 Å². The molecule has 68 valence electrons.